The highest BCUT2D eigenvalue weighted by Crippen LogP contribution is 1.97. The van der Waals surface area contributed by atoms with E-state index in [0.717, 1.165) is 13.1 Å². The van der Waals surface area contributed by atoms with Crippen LogP contribution in [0, 0.1) is 0 Å². The molecule has 0 aromatic heterocycles. The zero-order valence-electron chi connectivity index (χ0n) is 8.22. The number of hydrogen-bond donors (Lipinski definition) is 1. The molecule has 0 heterocycles. The van der Waals surface area contributed by atoms with Crippen molar-refractivity contribution in [1.82, 2.24) is 5.32 Å². The lowest BCUT2D eigenvalue weighted by atomic mass is 10.2. The minimum atomic E-state index is 0. The molecular formula is C11H19NO. The first-order chi connectivity index (χ1) is 5.93. The van der Waals surface area contributed by atoms with Crippen molar-refractivity contribution in [3.63, 3.8) is 0 Å². The first kappa shape index (κ1) is 12.1. The third kappa shape index (κ3) is 5.39. The monoisotopic (exact) mass is 181 g/mol. The van der Waals surface area contributed by atoms with E-state index >= 15 is 0 Å². The molecule has 0 bridgehead atoms. The average molecular weight is 181 g/mol. The van der Waals surface area contributed by atoms with E-state index in [-0.39, 0.29) is 5.48 Å². The summed E-state index contributed by atoms with van der Waals surface area (Å²) in [7, 11) is 0. The third-order valence-corrected chi connectivity index (χ3v) is 1.88. The van der Waals surface area contributed by atoms with Gasteiger partial charge >= 0.3 is 0 Å². The van der Waals surface area contributed by atoms with Crippen LogP contribution in [0.15, 0.2) is 30.3 Å². The normalized spacial score (nSPS) is 9.31. The zero-order valence-corrected chi connectivity index (χ0v) is 8.22. The van der Waals surface area contributed by atoms with Gasteiger partial charge in [-0.25, -0.2) is 0 Å². The molecular weight excluding hydrogens is 162 g/mol. The number of nitrogens with one attached hydrogen (secondary N) is 1. The molecule has 0 aliphatic carbocycles. The molecule has 0 aliphatic rings. The van der Waals surface area contributed by atoms with E-state index in [9.17, 15) is 0 Å². The lowest BCUT2D eigenvalue weighted by molar-refractivity contribution is 0.641. The topological polar surface area (TPSA) is 43.5 Å². The fraction of sp³-hybridized carbons (Fsp3) is 0.455. The van der Waals surface area contributed by atoms with E-state index in [2.05, 4.69) is 42.6 Å². The van der Waals surface area contributed by atoms with Crippen LogP contribution in [0.25, 0.3) is 0 Å². The van der Waals surface area contributed by atoms with Crippen molar-refractivity contribution in [2.24, 2.45) is 0 Å². The van der Waals surface area contributed by atoms with Gasteiger partial charge in [0.15, 0.2) is 0 Å². The molecule has 1 aromatic carbocycles. The molecule has 1 aromatic rings. The molecule has 2 nitrogen and oxygen atoms in total. The van der Waals surface area contributed by atoms with Gasteiger partial charge in [-0.15, -0.1) is 0 Å². The van der Waals surface area contributed by atoms with Gasteiger partial charge in [-0.2, -0.15) is 0 Å². The molecule has 2 heteroatoms. The summed E-state index contributed by atoms with van der Waals surface area (Å²) in [6, 6.07) is 10.5. The summed E-state index contributed by atoms with van der Waals surface area (Å²) in [6.45, 7) is 4.34. The summed E-state index contributed by atoms with van der Waals surface area (Å²) in [5, 5.41) is 3.40. The summed E-state index contributed by atoms with van der Waals surface area (Å²) in [5.41, 5.74) is 1.37. The maximum Gasteiger partial charge on any atom is 0.0205 e. The number of unbranched alkanes of at least 4 members (excludes halogenated alkanes) is 1. The number of rotatable bonds is 5. The van der Waals surface area contributed by atoms with Crippen molar-refractivity contribution < 1.29 is 5.48 Å². The van der Waals surface area contributed by atoms with E-state index in [4.69, 9.17) is 0 Å². The molecule has 0 spiro atoms. The van der Waals surface area contributed by atoms with Crippen LogP contribution in [0.5, 0.6) is 0 Å². The van der Waals surface area contributed by atoms with Crippen molar-refractivity contribution in [1.29, 1.82) is 0 Å². The minimum absolute atomic E-state index is 0. The van der Waals surface area contributed by atoms with Gasteiger partial charge in [-0.3, -0.25) is 0 Å². The molecule has 0 saturated heterocycles. The molecule has 0 radical (unpaired) electrons. The molecule has 0 aliphatic heterocycles. The van der Waals surface area contributed by atoms with E-state index < -0.39 is 0 Å². The molecule has 3 N–H and O–H groups in total. The maximum atomic E-state index is 3.40. The fourth-order valence-corrected chi connectivity index (χ4v) is 1.13. The minimum Gasteiger partial charge on any atom is -0.412 e. The predicted octanol–water partition coefficient (Wildman–Crippen LogP) is 1.75. The van der Waals surface area contributed by atoms with Crippen LogP contribution >= 0.6 is 0 Å². The Morgan fingerprint density at radius 1 is 1.15 bits per heavy atom. The predicted molar refractivity (Wildman–Crippen MR) is 56.7 cm³/mol. The lowest BCUT2D eigenvalue weighted by Crippen LogP contribution is -2.14. The Hall–Kier alpha value is -0.860. The molecule has 0 amide bonds. The van der Waals surface area contributed by atoms with E-state index in [1.54, 1.807) is 0 Å². The van der Waals surface area contributed by atoms with E-state index in [1.165, 1.54) is 18.4 Å². The van der Waals surface area contributed by atoms with E-state index in [1.807, 2.05) is 0 Å². The van der Waals surface area contributed by atoms with Gasteiger partial charge in [0.05, 0.1) is 0 Å². The first-order valence-electron chi connectivity index (χ1n) is 4.68. The number of hydrogen-bond acceptors (Lipinski definition) is 1. The fourth-order valence-electron chi connectivity index (χ4n) is 1.13. The Bertz CT molecular complexity index is 199. The van der Waals surface area contributed by atoms with Crippen molar-refractivity contribution in [3.8, 4) is 0 Å². The second-order valence-electron chi connectivity index (χ2n) is 3.02. The third-order valence-electron chi connectivity index (χ3n) is 1.88. The Morgan fingerprint density at radius 2 is 1.85 bits per heavy atom. The van der Waals surface area contributed by atoms with Gasteiger partial charge in [0.2, 0.25) is 0 Å². The zero-order chi connectivity index (χ0) is 8.65. The van der Waals surface area contributed by atoms with Crippen LogP contribution in [-0.2, 0) is 6.54 Å². The summed E-state index contributed by atoms with van der Waals surface area (Å²) in [6.07, 6.45) is 2.54. The lowest BCUT2D eigenvalue weighted by Gasteiger charge is -2.02. The van der Waals surface area contributed by atoms with Crippen LogP contribution < -0.4 is 5.32 Å². The highest BCUT2D eigenvalue weighted by atomic mass is 16.0. The second-order valence-corrected chi connectivity index (χ2v) is 3.02. The van der Waals surface area contributed by atoms with Gasteiger partial charge in [0, 0.05) is 6.54 Å². The summed E-state index contributed by atoms with van der Waals surface area (Å²) in [4.78, 5) is 0. The molecule has 1 rings (SSSR count). The van der Waals surface area contributed by atoms with E-state index in [0.29, 0.717) is 0 Å². The molecule has 0 saturated carbocycles. The summed E-state index contributed by atoms with van der Waals surface area (Å²) < 4.78 is 0. The standard InChI is InChI=1S/C11H17N.H2O/c1-2-3-9-12-10-11-7-5-4-6-8-11;/h4-8,12H,2-3,9-10H2,1H3;1H2. The van der Waals surface area contributed by atoms with Crippen LogP contribution in [0.2, 0.25) is 0 Å². The van der Waals surface area contributed by atoms with Crippen molar-refractivity contribution in [2.45, 2.75) is 26.3 Å². The Morgan fingerprint density at radius 3 is 2.46 bits per heavy atom. The second kappa shape index (κ2) is 7.77. The van der Waals surface area contributed by atoms with Gasteiger partial charge < -0.3 is 10.8 Å². The van der Waals surface area contributed by atoms with Crippen LogP contribution in [0.4, 0.5) is 0 Å². The highest BCUT2D eigenvalue weighted by Gasteiger charge is 1.88. The van der Waals surface area contributed by atoms with Crippen molar-refractivity contribution in [3.05, 3.63) is 35.9 Å². The molecule has 13 heavy (non-hydrogen) atoms. The van der Waals surface area contributed by atoms with Crippen molar-refractivity contribution >= 4 is 0 Å². The molecule has 0 unspecified atom stereocenters. The summed E-state index contributed by atoms with van der Waals surface area (Å²) >= 11 is 0. The SMILES string of the molecule is CCCCNCc1ccccc1.O. The molecule has 74 valence electrons. The van der Waals surface area contributed by atoms with Crippen LogP contribution in [0.3, 0.4) is 0 Å². The van der Waals surface area contributed by atoms with Crippen LogP contribution in [-0.4, -0.2) is 12.0 Å². The molecule has 0 fully saturated rings. The Kier molecular flexibility index (Phi) is 7.26. The van der Waals surface area contributed by atoms with Gasteiger partial charge in [-0.05, 0) is 18.5 Å². The maximum absolute atomic E-state index is 3.40. The summed E-state index contributed by atoms with van der Waals surface area (Å²) in [5.74, 6) is 0. The largest absolute Gasteiger partial charge is 0.412 e. The quantitative estimate of drug-likeness (QED) is 0.691. The van der Waals surface area contributed by atoms with Crippen LogP contribution in [0.1, 0.15) is 25.3 Å². The van der Waals surface area contributed by atoms with Gasteiger partial charge in [0.1, 0.15) is 0 Å². The Labute approximate surface area is 80.3 Å². The van der Waals surface area contributed by atoms with Crippen molar-refractivity contribution in [2.75, 3.05) is 6.54 Å². The highest BCUT2D eigenvalue weighted by molar-refractivity contribution is 5.14. The Balaban J connectivity index is 0.00000144. The first-order valence-corrected chi connectivity index (χ1v) is 4.68. The smallest absolute Gasteiger partial charge is 0.0205 e. The number of benzene rings is 1. The average Bonchev–Trinajstić information content (AvgIpc) is 2.14. The van der Waals surface area contributed by atoms with Gasteiger partial charge in [0.25, 0.3) is 0 Å². The molecule has 0 atom stereocenters. The van der Waals surface area contributed by atoms with Gasteiger partial charge in [-0.1, -0.05) is 43.7 Å².